The number of imide groups is 1. The molecule has 0 bridgehead atoms. The molecule has 0 spiro atoms. The van der Waals surface area contributed by atoms with Gasteiger partial charge < -0.3 is 5.32 Å². The molecule has 1 aromatic rings. The van der Waals surface area contributed by atoms with Gasteiger partial charge >= 0.3 is 0 Å². The van der Waals surface area contributed by atoms with Crippen LogP contribution in [0.25, 0.3) is 0 Å². The van der Waals surface area contributed by atoms with Gasteiger partial charge in [0.25, 0.3) is 0 Å². The fourth-order valence-corrected chi connectivity index (χ4v) is 3.57. The molecule has 1 heterocycles. The van der Waals surface area contributed by atoms with Crippen LogP contribution in [0.1, 0.15) is 42.5 Å². The van der Waals surface area contributed by atoms with Crippen molar-refractivity contribution < 1.29 is 14.4 Å². The van der Waals surface area contributed by atoms with Crippen molar-refractivity contribution in [2.45, 2.75) is 39.7 Å². The second-order valence-electron chi connectivity index (χ2n) is 7.05. The van der Waals surface area contributed by atoms with Crippen LogP contribution in [-0.4, -0.2) is 29.2 Å². The van der Waals surface area contributed by atoms with Gasteiger partial charge in [0, 0.05) is 0 Å². The summed E-state index contributed by atoms with van der Waals surface area (Å²) < 4.78 is 0. The van der Waals surface area contributed by atoms with E-state index in [4.69, 9.17) is 0 Å². The Morgan fingerprint density at radius 1 is 1.12 bits per heavy atom. The van der Waals surface area contributed by atoms with Crippen LogP contribution in [0.3, 0.4) is 0 Å². The summed E-state index contributed by atoms with van der Waals surface area (Å²) in [5.74, 6) is -1.31. The predicted molar refractivity (Wildman–Crippen MR) is 94.5 cm³/mol. The van der Waals surface area contributed by atoms with Gasteiger partial charge in [-0.3, -0.25) is 19.3 Å². The summed E-state index contributed by atoms with van der Waals surface area (Å²) in [6.45, 7) is 5.78. The zero-order valence-electron chi connectivity index (χ0n) is 14.9. The molecule has 0 saturated carbocycles. The summed E-state index contributed by atoms with van der Waals surface area (Å²) in [5, 5.41) is 2.89. The predicted octanol–water partition coefficient (Wildman–Crippen LogP) is 2.43. The first-order chi connectivity index (χ1) is 11.9. The van der Waals surface area contributed by atoms with Crippen molar-refractivity contribution in [2.75, 3.05) is 6.54 Å². The van der Waals surface area contributed by atoms with E-state index in [0.717, 1.165) is 10.5 Å². The van der Waals surface area contributed by atoms with E-state index in [1.165, 1.54) is 11.1 Å². The lowest BCUT2D eigenvalue weighted by atomic mass is 9.85. The number of likely N-dealkylation sites (tertiary alicyclic amines) is 1. The summed E-state index contributed by atoms with van der Waals surface area (Å²) in [5.41, 5.74) is 3.38. The standard InChI is InChI=1S/C20H24N2O3/c1-12-8-9-15(10-13(12)2)14(3)21-18(23)11-22-19(24)16-6-4-5-7-17(16)20(22)25/h4-5,8-10,14,16-17H,6-7,11H2,1-3H3,(H,21,23). The highest BCUT2D eigenvalue weighted by Gasteiger charge is 2.47. The molecule has 1 aliphatic carbocycles. The Bertz CT molecular complexity index is 727. The monoisotopic (exact) mass is 340 g/mol. The van der Waals surface area contributed by atoms with Crippen LogP contribution in [0, 0.1) is 25.7 Å². The fourth-order valence-electron chi connectivity index (χ4n) is 3.57. The molecule has 0 radical (unpaired) electrons. The molecule has 1 fully saturated rings. The minimum atomic E-state index is -0.306. The van der Waals surface area contributed by atoms with E-state index in [9.17, 15) is 14.4 Å². The maximum atomic E-state index is 12.4. The first kappa shape index (κ1) is 17.4. The Kier molecular flexibility index (Phi) is 4.75. The SMILES string of the molecule is Cc1ccc(C(C)NC(=O)CN2C(=O)C3CC=CCC3C2=O)cc1C. The minimum absolute atomic E-state index is 0.177. The Balaban J connectivity index is 1.63. The summed E-state index contributed by atoms with van der Waals surface area (Å²) in [4.78, 5) is 38.3. The number of carbonyl (C=O) groups excluding carboxylic acids is 3. The van der Waals surface area contributed by atoms with Crippen LogP contribution in [0.15, 0.2) is 30.4 Å². The van der Waals surface area contributed by atoms with Gasteiger partial charge in [-0.15, -0.1) is 0 Å². The van der Waals surface area contributed by atoms with E-state index in [1.807, 2.05) is 51.1 Å². The van der Waals surface area contributed by atoms with E-state index < -0.39 is 0 Å². The number of hydrogen-bond donors (Lipinski definition) is 1. The lowest BCUT2D eigenvalue weighted by Crippen LogP contribution is -2.41. The maximum Gasteiger partial charge on any atom is 0.240 e. The number of nitrogens with zero attached hydrogens (tertiary/aromatic N) is 1. The van der Waals surface area contributed by atoms with E-state index in [0.29, 0.717) is 12.8 Å². The molecule has 1 aromatic carbocycles. The number of hydrogen-bond acceptors (Lipinski definition) is 3. The van der Waals surface area contributed by atoms with Crippen LogP contribution in [0.2, 0.25) is 0 Å². The van der Waals surface area contributed by atoms with Gasteiger partial charge in [-0.1, -0.05) is 30.4 Å². The molecular formula is C20H24N2O3. The maximum absolute atomic E-state index is 12.4. The second-order valence-corrected chi connectivity index (χ2v) is 7.05. The van der Waals surface area contributed by atoms with Crippen LogP contribution in [-0.2, 0) is 14.4 Å². The lowest BCUT2D eigenvalue weighted by molar-refractivity contribution is -0.143. The smallest absolute Gasteiger partial charge is 0.240 e. The average molecular weight is 340 g/mol. The summed E-state index contributed by atoms with van der Waals surface area (Å²) in [6, 6.07) is 5.88. The van der Waals surface area contributed by atoms with E-state index in [1.54, 1.807) is 0 Å². The number of allylic oxidation sites excluding steroid dienone is 2. The molecule has 2 aliphatic rings. The number of fused-ring (bicyclic) bond motifs is 1. The number of amides is 3. The van der Waals surface area contributed by atoms with Gasteiger partial charge in [-0.25, -0.2) is 0 Å². The van der Waals surface area contributed by atoms with E-state index in [-0.39, 0.29) is 42.1 Å². The third-order valence-corrected chi connectivity index (χ3v) is 5.31. The van der Waals surface area contributed by atoms with Crippen LogP contribution < -0.4 is 5.32 Å². The van der Waals surface area contributed by atoms with Gasteiger partial charge in [0.2, 0.25) is 17.7 Å². The third-order valence-electron chi connectivity index (χ3n) is 5.31. The largest absolute Gasteiger partial charge is 0.348 e. The van der Waals surface area contributed by atoms with E-state index >= 15 is 0 Å². The summed E-state index contributed by atoms with van der Waals surface area (Å²) in [7, 11) is 0. The summed E-state index contributed by atoms with van der Waals surface area (Å²) >= 11 is 0. The van der Waals surface area contributed by atoms with Crippen molar-refractivity contribution in [1.29, 1.82) is 0 Å². The Hall–Kier alpha value is -2.43. The highest BCUT2D eigenvalue weighted by molar-refractivity contribution is 6.07. The van der Waals surface area contributed by atoms with Crippen LogP contribution in [0.5, 0.6) is 0 Å². The quantitative estimate of drug-likeness (QED) is 0.676. The highest BCUT2D eigenvalue weighted by Crippen LogP contribution is 2.34. The van der Waals surface area contributed by atoms with Crippen molar-refractivity contribution in [2.24, 2.45) is 11.8 Å². The molecule has 3 atom stereocenters. The Morgan fingerprint density at radius 3 is 2.28 bits per heavy atom. The van der Waals surface area contributed by atoms with E-state index in [2.05, 4.69) is 5.32 Å². The topological polar surface area (TPSA) is 66.5 Å². The first-order valence-corrected chi connectivity index (χ1v) is 8.75. The summed E-state index contributed by atoms with van der Waals surface area (Å²) in [6.07, 6.45) is 5.06. The Labute approximate surface area is 148 Å². The molecule has 3 unspecified atom stereocenters. The number of rotatable bonds is 4. The van der Waals surface area contributed by atoms with Crippen molar-refractivity contribution in [3.63, 3.8) is 0 Å². The molecule has 0 aromatic heterocycles. The molecule has 132 valence electrons. The zero-order chi connectivity index (χ0) is 18.1. The van der Waals surface area contributed by atoms with Crippen molar-refractivity contribution in [3.8, 4) is 0 Å². The highest BCUT2D eigenvalue weighted by atomic mass is 16.2. The molecule has 25 heavy (non-hydrogen) atoms. The van der Waals surface area contributed by atoms with Gasteiger partial charge in [0.05, 0.1) is 17.9 Å². The van der Waals surface area contributed by atoms with Gasteiger partial charge in [0.15, 0.2) is 0 Å². The second kappa shape index (κ2) is 6.82. The number of benzene rings is 1. The van der Waals surface area contributed by atoms with Gasteiger partial charge in [0.1, 0.15) is 6.54 Å². The van der Waals surface area contributed by atoms with Gasteiger partial charge in [-0.05, 0) is 50.3 Å². The fraction of sp³-hybridized carbons (Fsp3) is 0.450. The number of nitrogens with one attached hydrogen (secondary N) is 1. The zero-order valence-corrected chi connectivity index (χ0v) is 14.9. The molecule has 3 rings (SSSR count). The number of aryl methyl sites for hydroxylation is 2. The molecular weight excluding hydrogens is 316 g/mol. The van der Waals surface area contributed by atoms with Crippen molar-refractivity contribution in [3.05, 3.63) is 47.0 Å². The molecule has 1 saturated heterocycles. The van der Waals surface area contributed by atoms with Crippen LogP contribution in [0.4, 0.5) is 0 Å². The normalized spacial score (nSPS) is 23.6. The number of carbonyl (C=O) groups is 3. The lowest BCUT2D eigenvalue weighted by Gasteiger charge is -2.19. The molecule has 1 N–H and O–H groups in total. The minimum Gasteiger partial charge on any atom is -0.348 e. The Morgan fingerprint density at radius 2 is 1.72 bits per heavy atom. The van der Waals surface area contributed by atoms with Crippen LogP contribution >= 0.6 is 0 Å². The molecule has 1 aliphatic heterocycles. The average Bonchev–Trinajstić information content (AvgIpc) is 2.82. The van der Waals surface area contributed by atoms with Crippen molar-refractivity contribution >= 4 is 17.7 Å². The molecule has 3 amide bonds. The third kappa shape index (κ3) is 3.36. The molecule has 5 heteroatoms. The molecule has 5 nitrogen and oxygen atoms in total. The van der Waals surface area contributed by atoms with Gasteiger partial charge in [-0.2, -0.15) is 0 Å². The van der Waals surface area contributed by atoms with Crippen molar-refractivity contribution in [1.82, 2.24) is 10.2 Å². The first-order valence-electron chi connectivity index (χ1n) is 8.75.